The molecule has 1 rings (SSSR count). The van der Waals surface area contributed by atoms with Crippen molar-refractivity contribution in [3.05, 3.63) is 23.8 Å². The Balaban J connectivity index is 3.26. The Bertz CT molecular complexity index is 401. The molecule has 2 nitrogen and oxygen atoms in total. The number of nitrogens with zero attached hydrogens (tertiary/aromatic N) is 2. The van der Waals surface area contributed by atoms with Crippen LogP contribution in [0, 0.1) is 17.6 Å². The second-order valence-electron chi connectivity index (χ2n) is 2.32. The van der Waals surface area contributed by atoms with Crippen molar-refractivity contribution in [2.75, 3.05) is 0 Å². The molecule has 0 N–H and O–H groups in total. The number of thiocarbonyl (C=S) groups is 1. The Hall–Kier alpha value is -1.14. The molecule has 1 aromatic rings. The van der Waals surface area contributed by atoms with E-state index >= 15 is 0 Å². The van der Waals surface area contributed by atoms with Gasteiger partial charge in [-0.25, -0.2) is 0 Å². The number of aliphatic imine (C=N–C) groups is 1. The highest BCUT2D eigenvalue weighted by Crippen LogP contribution is 2.31. The van der Waals surface area contributed by atoms with Gasteiger partial charge in [0.05, 0.1) is 15.7 Å². The van der Waals surface area contributed by atoms with Crippen molar-refractivity contribution in [2.24, 2.45) is 4.99 Å². The lowest BCUT2D eigenvalue weighted by atomic mass is 10.2. The van der Waals surface area contributed by atoms with E-state index in [9.17, 15) is 0 Å². The molecule has 0 aliphatic carbocycles. The van der Waals surface area contributed by atoms with E-state index in [0.29, 0.717) is 5.69 Å². The Labute approximate surface area is 86.3 Å². The standard InChI is InChI=1S/C9H6N2S2/c1-7-3-2-4-8(11-6-12)9(7)13-5-10/h2-4H,1H3. The van der Waals surface area contributed by atoms with Crippen molar-refractivity contribution in [3.63, 3.8) is 0 Å². The monoisotopic (exact) mass is 206 g/mol. The summed E-state index contributed by atoms with van der Waals surface area (Å²) in [6.45, 7) is 1.93. The summed E-state index contributed by atoms with van der Waals surface area (Å²) in [7, 11) is 0. The van der Waals surface area contributed by atoms with Crippen LogP contribution in [0.25, 0.3) is 0 Å². The van der Waals surface area contributed by atoms with Gasteiger partial charge in [-0.05, 0) is 42.5 Å². The van der Waals surface area contributed by atoms with Crippen molar-refractivity contribution in [3.8, 4) is 5.40 Å². The fourth-order valence-corrected chi connectivity index (χ4v) is 1.59. The summed E-state index contributed by atoms with van der Waals surface area (Å²) in [4.78, 5) is 4.73. The maximum Gasteiger partial charge on any atom is 0.138 e. The molecule has 0 unspecified atom stereocenters. The average molecular weight is 206 g/mol. The molecule has 64 valence electrons. The van der Waals surface area contributed by atoms with Gasteiger partial charge in [-0.1, -0.05) is 12.1 Å². The summed E-state index contributed by atoms with van der Waals surface area (Å²) in [5.41, 5.74) is 1.74. The van der Waals surface area contributed by atoms with Crippen LogP contribution in [-0.4, -0.2) is 5.16 Å². The van der Waals surface area contributed by atoms with Crippen LogP contribution in [0.5, 0.6) is 0 Å². The summed E-state index contributed by atoms with van der Waals surface area (Å²) in [6, 6.07) is 5.62. The van der Waals surface area contributed by atoms with E-state index in [1.807, 2.05) is 30.5 Å². The van der Waals surface area contributed by atoms with Crippen LogP contribution in [-0.2, 0) is 0 Å². The van der Waals surface area contributed by atoms with Crippen molar-refractivity contribution < 1.29 is 0 Å². The van der Waals surface area contributed by atoms with Crippen LogP contribution >= 0.6 is 24.0 Å². The summed E-state index contributed by atoms with van der Waals surface area (Å²) in [5, 5.41) is 12.9. The topological polar surface area (TPSA) is 36.1 Å². The summed E-state index contributed by atoms with van der Waals surface area (Å²) >= 11 is 5.61. The number of aryl methyl sites for hydroxylation is 1. The minimum absolute atomic E-state index is 0.710. The van der Waals surface area contributed by atoms with Crippen molar-refractivity contribution >= 4 is 34.8 Å². The number of rotatable bonds is 2. The molecule has 4 heteroatoms. The van der Waals surface area contributed by atoms with E-state index < -0.39 is 0 Å². The van der Waals surface area contributed by atoms with Gasteiger partial charge in [0.25, 0.3) is 0 Å². The van der Waals surface area contributed by atoms with Gasteiger partial charge >= 0.3 is 0 Å². The molecular formula is C9H6N2S2. The van der Waals surface area contributed by atoms with E-state index in [4.69, 9.17) is 5.26 Å². The van der Waals surface area contributed by atoms with Gasteiger partial charge in [0.2, 0.25) is 0 Å². The number of hydrogen-bond donors (Lipinski definition) is 0. The lowest BCUT2D eigenvalue weighted by Gasteiger charge is -2.01. The van der Waals surface area contributed by atoms with Crippen LogP contribution in [0.2, 0.25) is 0 Å². The SMILES string of the molecule is Cc1cccc(N=C=S)c1SC#N. The molecule has 1 aromatic carbocycles. The second-order valence-corrected chi connectivity index (χ2v) is 3.30. The van der Waals surface area contributed by atoms with Gasteiger partial charge in [-0.2, -0.15) is 10.3 Å². The number of hydrogen-bond acceptors (Lipinski definition) is 4. The minimum Gasteiger partial charge on any atom is -0.193 e. The van der Waals surface area contributed by atoms with Crippen LogP contribution in [0.3, 0.4) is 0 Å². The molecule has 0 fully saturated rings. The predicted molar refractivity (Wildman–Crippen MR) is 57.3 cm³/mol. The normalized spacial score (nSPS) is 8.62. The zero-order valence-electron chi connectivity index (χ0n) is 6.94. The van der Waals surface area contributed by atoms with Crippen LogP contribution < -0.4 is 0 Å². The first-order chi connectivity index (χ1) is 6.29. The van der Waals surface area contributed by atoms with E-state index in [-0.39, 0.29) is 0 Å². The van der Waals surface area contributed by atoms with Gasteiger partial charge in [0.1, 0.15) is 5.40 Å². The molecule has 0 heterocycles. The third kappa shape index (κ3) is 2.40. The molecule has 0 aliphatic rings. The number of isothiocyanates is 1. The third-order valence-electron chi connectivity index (χ3n) is 1.50. The van der Waals surface area contributed by atoms with Crippen molar-refractivity contribution in [1.82, 2.24) is 0 Å². The van der Waals surface area contributed by atoms with Crippen LogP contribution in [0.1, 0.15) is 5.56 Å². The number of nitriles is 1. The van der Waals surface area contributed by atoms with E-state index in [0.717, 1.165) is 22.2 Å². The molecule has 0 saturated heterocycles. The summed E-state index contributed by atoms with van der Waals surface area (Å²) in [5.74, 6) is 0. The lowest BCUT2D eigenvalue weighted by Crippen LogP contribution is -1.78. The van der Waals surface area contributed by atoms with Crippen LogP contribution in [0.4, 0.5) is 5.69 Å². The fraction of sp³-hybridized carbons (Fsp3) is 0.111. The highest BCUT2D eigenvalue weighted by atomic mass is 32.2. The van der Waals surface area contributed by atoms with Gasteiger partial charge in [0, 0.05) is 0 Å². The Morgan fingerprint density at radius 2 is 2.31 bits per heavy atom. The molecule has 0 spiro atoms. The van der Waals surface area contributed by atoms with E-state index in [2.05, 4.69) is 22.4 Å². The zero-order chi connectivity index (χ0) is 9.68. The molecule has 0 bridgehead atoms. The third-order valence-corrected chi connectivity index (χ3v) is 2.42. The van der Waals surface area contributed by atoms with Gasteiger partial charge in [-0.15, -0.1) is 0 Å². The number of thiocyanates is 1. The molecule has 0 amide bonds. The smallest absolute Gasteiger partial charge is 0.138 e. The summed E-state index contributed by atoms with van der Waals surface area (Å²) < 4.78 is 0. The first kappa shape index (κ1) is 9.94. The van der Waals surface area contributed by atoms with E-state index in [1.54, 1.807) is 0 Å². The van der Waals surface area contributed by atoms with Gasteiger partial charge < -0.3 is 0 Å². The highest BCUT2D eigenvalue weighted by Gasteiger charge is 2.04. The predicted octanol–water partition coefficient (Wildman–Crippen LogP) is 3.30. The first-order valence-electron chi connectivity index (χ1n) is 3.53. The second kappa shape index (κ2) is 4.78. The Morgan fingerprint density at radius 1 is 1.54 bits per heavy atom. The molecule has 0 atom stereocenters. The molecule has 0 aromatic heterocycles. The maximum atomic E-state index is 8.56. The van der Waals surface area contributed by atoms with Gasteiger partial charge in [-0.3, -0.25) is 0 Å². The number of thioether (sulfide) groups is 1. The number of benzene rings is 1. The average Bonchev–Trinajstić information content (AvgIpc) is 2.11. The highest BCUT2D eigenvalue weighted by molar-refractivity contribution is 8.03. The molecule has 0 saturated carbocycles. The van der Waals surface area contributed by atoms with E-state index in [1.165, 1.54) is 0 Å². The molecular weight excluding hydrogens is 200 g/mol. The van der Waals surface area contributed by atoms with Crippen molar-refractivity contribution in [2.45, 2.75) is 11.8 Å². The lowest BCUT2D eigenvalue weighted by molar-refractivity contribution is 1.28. The largest absolute Gasteiger partial charge is 0.193 e. The molecule has 13 heavy (non-hydrogen) atoms. The Morgan fingerprint density at radius 3 is 2.92 bits per heavy atom. The maximum absolute atomic E-state index is 8.56. The quantitative estimate of drug-likeness (QED) is 0.322. The molecule has 0 radical (unpaired) electrons. The van der Waals surface area contributed by atoms with Crippen LogP contribution in [0.15, 0.2) is 28.1 Å². The first-order valence-corrected chi connectivity index (χ1v) is 4.75. The minimum atomic E-state index is 0.710. The zero-order valence-corrected chi connectivity index (χ0v) is 8.58. The fourth-order valence-electron chi connectivity index (χ4n) is 0.953. The molecule has 0 aliphatic heterocycles. The van der Waals surface area contributed by atoms with Crippen molar-refractivity contribution in [1.29, 1.82) is 5.26 Å². The van der Waals surface area contributed by atoms with Gasteiger partial charge in [0.15, 0.2) is 0 Å². The summed E-state index contributed by atoms with van der Waals surface area (Å²) in [6.07, 6.45) is 0. The Kier molecular flexibility index (Phi) is 3.66.